The largest absolute Gasteiger partial charge is 0.439 e. The molecule has 3 rings (SSSR count). The summed E-state index contributed by atoms with van der Waals surface area (Å²) >= 11 is 12.1. The molecule has 30 heavy (non-hydrogen) atoms. The van der Waals surface area contributed by atoms with Crippen molar-refractivity contribution in [3.05, 3.63) is 82.5 Å². The lowest BCUT2D eigenvalue weighted by molar-refractivity contribution is 0.363. The fraction of sp³-hybridized carbons (Fsp3) is 0.190. The van der Waals surface area contributed by atoms with Crippen LogP contribution in [0.5, 0.6) is 11.6 Å². The van der Waals surface area contributed by atoms with E-state index in [-0.39, 0.29) is 4.90 Å². The van der Waals surface area contributed by atoms with Gasteiger partial charge in [0.25, 0.3) is 0 Å². The summed E-state index contributed by atoms with van der Waals surface area (Å²) in [5, 5.41) is 0.781. The number of hydrogen-bond acceptors (Lipinski definition) is 5. The highest BCUT2D eigenvalue weighted by atomic mass is 35.5. The zero-order chi connectivity index (χ0) is 21.7. The molecule has 0 aliphatic carbocycles. The molecule has 6 nitrogen and oxygen atoms in total. The van der Waals surface area contributed by atoms with Gasteiger partial charge in [-0.25, -0.2) is 18.1 Å². The van der Waals surface area contributed by atoms with Crippen LogP contribution in [0.3, 0.4) is 0 Å². The number of benzene rings is 2. The van der Waals surface area contributed by atoms with Gasteiger partial charge in [-0.3, -0.25) is 0 Å². The highest BCUT2D eigenvalue weighted by molar-refractivity contribution is 7.89. The highest BCUT2D eigenvalue weighted by Crippen LogP contribution is 2.27. The number of aromatic nitrogens is 1. The molecular weight excluding hydrogens is 445 g/mol. The van der Waals surface area contributed by atoms with E-state index in [9.17, 15) is 8.42 Å². The van der Waals surface area contributed by atoms with Gasteiger partial charge in [0.15, 0.2) is 0 Å². The third-order valence-electron chi connectivity index (χ3n) is 4.19. The molecule has 1 N–H and O–H groups in total. The first kappa shape index (κ1) is 22.5. The Morgan fingerprint density at radius 3 is 2.37 bits per heavy atom. The van der Waals surface area contributed by atoms with Crippen LogP contribution in [0.1, 0.15) is 11.6 Å². The molecule has 0 spiro atoms. The lowest BCUT2D eigenvalue weighted by Crippen LogP contribution is -2.35. The number of hydrogen-bond donors (Lipinski definition) is 1. The summed E-state index contributed by atoms with van der Waals surface area (Å²) in [6.45, 7) is 0.443. The summed E-state index contributed by atoms with van der Waals surface area (Å²) in [4.78, 5) is 6.09. The van der Waals surface area contributed by atoms with Crippen molar-refractivity contribution in [2.75, 3.05) is 20.6 Å². The Kier molecular flexibility index (Phi) is 7.33. The van der Waals surface area contributed by atoms with Crippen molar-refractivity contribution in [3.8, 4) is 11.6 Å². The first-order chi connectivity index (χ1) is 14.2. The van der Waals surface area contributed by atoms with E-state index in [0.29, 0.717) is 28.2 Å². The summed E-state index contributed by atoms with van der Waals surface area (Å²) in [5.41, 5.74) is 0.719. The third-order valence-corrected chi connectivity index (χ3v) is 6.41. The lowest BCUT2D eigenvalue weighted by Gasteiger charge is -2.23. The molecule has 2 aromatic carbocycles. The Morgan fingerprint density at radius 2 is 1.77 bits per heavy atom. The van der Waals surface area contributed by atoms with Crippen LogP contribution in [0.25, 0.3) is 0 Å². The first-order valence-corrected chi connectivity index (χ1v) is 11.3. The van der Waals surface area contributed by atoms with Gasteiger partial charge in [-0.1, -0.05) is 35.3 Å². The Balaban J connectivity index is 1.80. The summed E-state index contributed by atoms with van der Waals surface area (Å²) < 4.78 is 34.3. The summed E-state index contributed by atoms with van der Waals surface area (Å²) in [6, 6.07) is 16.0. The molecule has 1 atom stereocenters. The predicted octanol–water partition coefficient (Wildman–Crippen LogP) is 4.76. The molecule has 0 aliphatic heterocycles. The molecule has 0 saturated carbocycles. The van der Waals surface area contributed by atoms with Crippen LogP contribution in [0.4, 0.5) is 0 Å². The van der Waals surface area contributed by atoms with Crippen molar-refractivity contribution in [1.82, 2.24) is 14.6 Å². The molecule has 3 aromatic rings. The van der Waals surface area contributed by atoms with Crippen LogP contribution in [0.15, 0.2) is 71.8 Å². The number of nitrogens with one attached hydrogen (secondary N) is 1. The number of rotatable bonds is 8. The minimum atomic E-state index is -3.79. The quantitative estimate of drug-likeness (QED) is 0.518. The Morgan fingerprint density at radius 1 is 1.03 bits per heavy atom. The average molecular weight is 466 g/mol. The summed E-state index contributed by atoms with van der Waals surface area (Å²) in [5.74, 6) is 0.916. The number of ether oxygens (including phenoxy) is 1. The Bertz CT molecular complexity index is 1090. The van der Waals surface area contributed by atoms with Crippen LogP contribution in [-0.2, 0) is 10.0 Å². The molecule has 1 aromatic heterocycles. The van der Waals surface area contributed by atoms with E-state index in [0.717, 1.165) is 5.56 Å². The van der Waals surface area contributed by atoms with Crippen LogP contribution in [0, 0.1) is 0 Å². The molecule has 0 aliphatic rings. The Labute approximate surface area is 186 Å². The lowest BCUT2D eigenvalue weighted by atomic mass is 10.1. The second-order valence-corrected chi connectivity index (χ2v) is 9.38. The molecule has 0 unspecified atom stereocenters. The van der Waals surface area contributed by atoms with Crippen LogP contribution in [0.2, 0.25) is 10.0 Å². The van der Waals surface area contributed by atoms with E-state index < -0.39 is 16.1 Å². The molecular formula is C21H21Cl2N3O3S. The first-order valence-electron chi connectivity index (χ1n) is 9.05. The number of halogens is 2. The van der Waals surface area contributed by atoms with Crippen LogP contribution in [-0.4, -0.2) is 38.9 Å². The van der Waals surface area contributed by atoms with Crippen molar-refractivity contribution < 1.29 is 13.2 Å². The van der Waals surface area contributed by atoms with Crippen molar-refractivity contribution in [1.29, 1.82) is 0 Å². The number of pyridine rings is 1. The van der Waals surface area contributed by atoms with Crippen molar-refractivity contribution in [2.45, 2.75) is 10.9 Å². The van der Waals surface area contributed by atoms with Crippen molar-refractivity contribution >= 4 is 33.2 Å². The normalized spacial score (nSPS) is 12.7. The van der Waals surface area contributed by atoms with Crippen LogP contribution >= 0.6 is 23.2 Å². The van der Waals surface area contributed by atoms with E-state index in [1.165, 1.54) is 12.1 Å². The van der Waals surface area contributed by atoms with Gasteiger partial charge in [-0.05, 0) is 62.1 Å². The van der Waals surface area contributed by atoms with E-state index in [1.54, 1.807) is 54.7 Å². The SMILES string of the molecule is CN(C)C[C@H](NS(=O)(=O)c1ccc(Oc2ccccn2)cc1)c1ccc(Cl)c(Cl)c1. The minimum Gasteiger partial charge on any atom is -0.439 e. The zero-order valence-corrected chi connectivity index (χ0v) is 18.7. The second-order valence-electron chi connectivity index (χ2n) is 6.85. The highest BCUT2D eigenvalue weighted by Gasteiger charge is 2.23. The fourth-order valence-corrected chi connectivity index (χ4v) is 4.30. The van der Waals surface area contributed by atoms with Gasteiger partial charge in [0.2, 0.25) is 15.9 Å². The standard InChI is InChI=1S/C21H21Cl2N3O3S/c1-26(2)14-20(15-6-11-18(22)19(23)13-15)25-30(27,28)17-9-7-16(8-10-17)29-21-5-3-4-12-24-21/h3-13,20,25H,14H2,1-2H3/t20-/m0/s1. The van der Waals surface area contributed by atoms with Gasteiger partial charge in [-0.2, -0.15) is 0 Å². The maximum atomic E-state index is 13.0. The zero-order valence-electron chi connectivity index (χ0n) is 16.4. The van der Waals surface area contributed by atoms with Gasteiger partial charge >= 0.3 is 0 Å². The van der Waals surface area contributed by atoms with Gasteiger partial charge in [0.1, 0.15) is 5.75 Å². The molecule has 9 heteroatoms. The molecule has 0 amide bonds. The average Bonchev–Trinajstić information content (AvgIpc) is 2.70. The molecule has 1 heterocycles. The molecule has 0 saturated heterocycles. The van der Waals surface area contributed by atoms with Crippen molar-refractivity contribution in [3.63, 3.8) is 0 Å². The summed E-state index contributed by atoms with van der Waals surface area (Å²) in [6.07, 6.45) is 1.62. The smallest absolute Gasteiger partial charge is 0.241 e. The molecule has 158 valence electrons. The van der Waals surface area contributed by atoms with Gasteiger partial charge in [0.05, 0.1) is 21.0 Å². The molecule has 0 bridgehead atoms. The molecule has 0 fully saturated rings. The van der Waals surface area contributed by atoms with Gasteiger partial charge < -0.3 is 9.64 Å². The van der Waals surface area contributed by atoms with E-state index in [4.69, 9.17) is 27.9 Å². The monoisotopic (exact) mass is 465 g/mol. The van der Waals surface area contributed by atoms with Gasteiger partial charge in [-0.15, -0.1) is 0 Å². The van der Waals surface area contributed by atoms with E-state index in [1.807, 2.05) is 19.0 Å². The van der Waals surface area contributed by atoms with E-state index >= 15 is 0 Å². The number of sulfonamides is 1. The predicted molar refractivity (Wildman–Crippen MR) is 119 cm³/mol. The van der Waals surface area contributed by atoms with Gasteiger partial charge in [0, 0.05) is 18.8 Å². The topological polar surface area (TPSA) is 71.5 Å². The maximum absolute atomic E-state index is 13.0. The Hall–Kier alpha value is -2.16. The number of likely N-dealkylation sites (N-methyl/N-ethyl adjacent to an activating group) is 1. The second kappa shape index (κ2) is 9.76. The molecule has 0 radical (unpaired) electrons. The minimum absolute atomic E-state index is 0.125. The fourth-order valence-electron chi connectivity index (χ4n) is 2.78. The third kappa shape index (κ3) is 5.93. The van der Waals surface area contributed by atoms with Crippen molar-refractivity contribution in [2.24, 2.45) is 0 Å². The summed E-state index contributed by atoms with van der Waals surface area (Å²) in [7, 11) is -0.0624. The maximum Gasteiger partial charge on any atom is 0.241 e. The van der Waals surface area contributed by atoms with E-state index in [2.05, 4.69) is 9.71 Å². The van der Waals surface area contributed by atoms with Crippen LogP contribution < -0.4 is 9.46 Å². The number of nitrogens with zero attached hydrogens (tertiary/aromatic N) is 2.